The fourth-order valence-electron chi connectivity index (χ4n) is 1.98. The third kappa shape index (κ3) is 4.40. The molecule has 1 aromatic heterocycles. The number of aryl methyl sites for hydroxylation is 2. The first-order valence-corrected chi connectivity index (χ1v) is 6.64. The van der Waals surface area contributed by atoms with Crippen molar-refractivity contribution in [3.63, 3.8) is 0 Å². The van der Waals surface area contributed by atoms with Gasteiger partial charge in [0.2, 0.25) is 5.76 Å². The molecule has 2 aromatic rings. The van der Waals surface area contributed by atoms with Gasteiger partial charge in [0.25, 0.3) is 5.91 Å². The summed E-state index contributed by atoms with van der Waals surface area (Å²) in [6.07, 6.45) is 0. The summed E-state index contributed by atoms with van der Waals surface area (Å²) in [4.78, 5) is 33.1. The van der Waals surface area contributed by atoms with Gasteiger partial charge in [-0.2, -0.15) is 0 Å². The molecule has 1 N–H and O–H groups in total. The molecular weight excluding hydrogens is 304 g/mol. The number of benzene rings is 1. The minimum absolute atomic E-state index is 0.337. The van der Waals surface area contributed by atoms with Crippen LogP contribution in [0.15, 0.2) is 34.7 Å². The van der Waals surface area contributed by atoms with E-state index in [-0.39, 0.29) is 5.76 Å². The largest absolute Gasteiger partial charge is 0.450 e. The first-order valence-electron chi connectivity index (χ1n) is 6.64. The van der Waals surface area contributed by atoms with Gasteiger partial charge in [0.15, 0.2) is 6.61 Å². The molecule has 0 bridgehead atoms. The first kappa shape index (κ1) is 16.2. The van der Waals surface area contributed by atoms with Crippen LogP contribution in [0.4, 0.5) is 11.6 Å². The second kappa shape index (κ2) is 6.73. The molecule has 0 aliphatic carbocycles. The Balaban J connectivity index is 1.90. The molecule has 120 valence electrons. The van der Waals surface area contributed by atoms with Crippen LogP contribution in [-0.2, 0) is 9.53 Å². The van der Waals surface area contributed by atoms with Crippen molar-refractivity contribution in [3.8, 4) is 0 Å². The van der Waals surface area contributed by atoms with Crippen LogP contribution in [0.5, 0.6) is 0 Å². The lowest BCUT2D eigenvalue weighted by molar-refractivity contribution is -0.402. The molecule has 0 aliphatic heterocycles. The highest BCUT2D eigenvalue weighted by Gasteiger charge is 2.19. The number of esters is 1. The average Bonchev–Trinajstić information content (AvgIpc) is 2.93. The number of nitrogens with one attached hydrogen (secondary N) is 1. The Morgan fingerprint density at radius 2 is 1.87 bits per heavy atom. The Kier molecular flexibility index (Phi) is 4.75. The van der Waals surface area contributed by atoms with Gasteiger partial charge >= 0.3 is 11.9 Å². The topological polar surface area (TPSA) is 112 Å². The molecular formula is C15H14N2O6. The van der Waals surface area contributed by atoms with Crippen LogP contribution in [0.3, 0.4) is 0 Å². The van der Waals surface area contributed by atoms with Gasteiger partial charge in [-0.3, -0.25) is 14.9 Å². The van der Waals surface area contributed by atoms with E-state index in [2.05, 4.69) is 9.73 Å². The number of nitrogens with zero attached hydrogens (tertiary/aromatic N) is 1. The maximum absolute atomic E-state index is 11.8. The summed E-state index contributed by atoms with van der Waals surface area (Å²) >= 11 is 0. The van der Waals surface area contributed by atoms with Crippen molar-refractivity contribution in [2.24, 2.45) is 0 Å². The van der Waals surface area contributed by atoms with Crippen molar-refractivity contribution in [2.75, 3.05) is 11.9 Å². The van der Waals surface area contributed by atoms with E-state index in [4.69, 9.17) is 4.74 Å². The highest BCUT2D eigenvalue weighted by Crippen LogP contribution is 2.16. The van der Waals surface area contributed by atoms with Crippen molar-refractivity contribution in [3.05, 3.63) is 57.3 Å². The van der Waals surface area contributed by atoms with E-state index in [1.54, 1.807) is 12.1 Å². The highest BCUT2D eigenvalue weighted by atomic mass is 16.7. The van der Waals surface area contributed by atoms with Crippen molar-refractivity contribution < 1.29 is 23.7 Å². The summed E-state index contributed by atoms with van der Waals surface area (Å²) in [7, 11) is 0. The molecule has 0 radical (unpaired) electrons. The van der Waals surface area contributed by atoms with Crippen LogP contribution >= 0.6 is 0 Å². The molecule has 8 heteroatoms. The standard InChI is InChI=1S/C15H14N2O6/c1-9-5-10(2)7-11(6-9)16-13(18)8-22-15(19)12-3-4-14(23-12)17(20)21/h3-7H,8H2,1-2H3,(H,16,18). The van der Waals surface area contributed by atoms with Crippen molar-refractivity contribution >= 4 is 23.4 Å². The zero-order chi connectivity index (χ0) is 17.0. The molecule has 23 heavy (non-hydrogen) atoms. The van der Waals surface area contributed by atoms with Crippen LogP contribution in [-0.4, -0.2) is 23.4 Å². The number of anilines is 1. The zero-order valence-electron chi connectivity index (χ0n) is 12.5. The number of rotatable bonds is 5. The monoisotopic (exact) mass is 318 g/mol. The normalized spacial score (nSPS) is 10.2. The third-order valence-corrected chi connectivity index (χ3v) is 2.81. The van der Waals surface area contributed by atoms with Gasteiger partial charge in [0.1, 0.15) is 4.92 Å². The highest BCUT2D eigenvalue weighted by molar-refractivity contribution is 5.94. The van der Waals surface area contributed by atoms with Crippen LogP contribution in [0.1, 0.15) is 21.7 Å². The summed E-state index contributed by atoms with van der Waals surface area (Å²) < 4.78 is 9.43. The lowest BCUT2D eigenvalue weighted by Crippen LogP contribution is -2.20. The molecule has 0 saturated carbocycles. The maximum Gasteiger partial charge on any atom is 0.433 e. The van der Waals surface area contributed by atoms with Gasteiger partial charge < -0.3 is 14.5 Å². The van der Waals surface area contributed by atoms with Gasteiger partial charge in [-0.15, -0.1) is 0 Å². The SMILES string of the molecule is Cc1cc(C)cc(NC(=O)COC(=O)c2ccc([N+](=O)[O-])o2)c1. The third-order valence-electron chi connectivity index (χ3n) is 2.81. The predicted molar refractivity (Wildman–Crippen MR) is 80.2 cm³/mol. The Morgan fingerprint density at radius 3 is 2.43 bits per heavy atom. The van der Waals surface area contributed by atoms with E-state index < -0.39 is 29.3 Å². The second-order valence-electron chi connectivity index (χ2n) is 4.90. The number of carbonyl (C=O) groups is 2. The van der Waals surface area contributed by atoms with Crippen LogP contribution < -0.4 is 5.32 Å². The number of ether oxygens (including phenoxy) is 1. The van der Waals surface area contributed by atoms with Gasteiger partial charge in [-0.25, -0.2) is 4.79 Å². The second-order valence-corrected chi connectivity index (χ2v) is 4.90. The summed E-state index contributed by atoms with van der Waals surface area (Å²) in [6.45, 7) is 3.26. The minimum Gasteiger partial charge on any atom is -0.450 e. The molecule has 1 aromatic carbocycles. The van der Waals surface area contributed by atoms with E-state index >= 15 is 0 Å². The van der Waals surface area contributed by atoms with E-state index in [1.807, 2.05) is 19.9 Å². The number of hydrogen-bond acceptors (Lipinski definition) is 6. The van der Waals surface area contributed by atoms with E-state index in [0.29, 0.717) is 5.69 Å². The van der Waals surface area contributed by atoms with E-state index in [9.17, 15) is 19.7 Å². The van der Waals surface area contributed by atoms with Crippen LogP contribution in [0.25, 0.3) is 0 Å². The predicted octanol–water partition coefficient (Wildman–Crippen LogP) is 2.60. The van der Waals surface area contributed by atoms with Crippen LogP contribution in [0.2, 0.25) is 0 Å². The number of nitro groups is 1. The molecule has 1 heterocycles. The van der Waals surface area contributed by atoms with Crippen molar-refractivity contribution in [1.29, 1.82) is 0 Å². The van der Waals surface area contributed by atoms with Gasteiger partial charge in [0, 0.05) is 5.69 Å². The molecule has 8 nitrogen and oxygen atoms in total. The summed E-state index contributed by atoms with van der Waals surface area (Å²) in [5.41, 5.74) is 2.57. The zero-order valence-corrected chi connectivity index (χ0v) is 12.5. The van der Waals surface area contributed by atoms with Gasteiger partial charge in [0.05, 0.1) is 6.07 Å². The molecule has 0 aliphatic rings. The number of carbonyl (C=O) groups excluding carboxylic acids is 2. The smallest absolute Gasteiger partial charge is 0.433 e. The Labute approximate surface area is 131 Å². The Morgan fingerprint density at radius 1 is 1.22 bits per heavy atom. The number of amides is 1. The molecule has 0 spiro atoms. The Bertz CT molecular complexity index is 745. The van der Waals surface area contributed by atoms with E-state index in [0.717, 1.165) is 23.3 Å². The number of hydrogen-bond donors (Lipinski definition) is 1. The maximum atomic E-state index is 11.8. The molecule has 2 rings (SSSR count). The van der Waals surface area contributed by atoms with Gasteiger partial charge in [-0.1, -0.05) is 6.07 Å². The fraction of sp³-hybridized carbons (Fsp3) is 0.200. The van der Waals surface area contributed by atoms with E-state index in [1.165, 1.54) is 0 Å². The molecule has 1 amide bonds. The number of furan rings is 1. The summed E-state index contributed by atoms with van der Waals surface area (Å²) in [5.74, 6) is -2.38. The lowest BCUT2D eigenvalue weighted by Gasteiger charge is -2.07. The van der Waals surface area contributed by atoms with Crippen molar-refractivity contribution in [1.82, 2.24) is 0 Å². The minimum atomic E-state index is -0.950. The molecule has 0 fully saturated rings. The first-order chi connectivity index (χ1) is 10.8. The molecule has 0 atom stereocenters. The quantitative estimate of drug-likeness (QED) is 0.515. The molecule has 0 unspecified atom stereocenters. The molecule has 0 saturated heterocycles. The Hall–Kier alpha value is -3.16. The lowest BCUT2D eigenvalue weighted by atomic mass is 10.1. The van der Waals surface area contributed by atoms with Crippen molar-refractivity contribution in [2.45, 2.75) is 13.8 Å². The summed E-state index contributed by atoms with van der Waals surface area (Å²) in [6, 6.07) is 7.67. The summed E-state index contributed by atoms with van der Waals surface area (Å²) in [5, 5.41) is 13.1. The van der Waals surface area contributed by atoms with Crippen LogP contribution in [0, 0.1) is 24.0 Å². The van der Waals surface area contributed by atoms with Gasteiger partial charge in [-0.05, 0) is 43.2 Å². The average molecular weight is 318 g/mol. The fourth-order valence-corrected chi connectivity index (χ4v) is 1.98.